The van der Waals surface area contributed by atoms with E-state index in [1.54, 1.807) is 0 Å². The molecule has 21 heavy (non-hydrogen) atoms. The van der Waals surface area contributed by atoms with Gasteiger partial charge in [0, 0.05) is 17.2 Å². The number of hydrogen-bond donors (Lipinski definition) is 3. The highest BCUT2D eigenvalue weighted by Gasteiger charge is 2.28. The van der Waals surface area contributed by atoms with Crippen LogP contribution in [-0.4, -0.2) is 15.0 Å². The van der Waals surface area contributed by atoms with Crippen molar-refractivity contribution in [3.63, 3.8) is 0 Å². The molecule has 0 unspecified atom stereocenters. The quantitative estimate of drug-likeness (QED) is 0.576. The minimum Gasteiger partial charge on any atom is -0.364 e. The summed E-state index contributed by atoms with van der Waals surface area (Å²) in [5.41, 5.74) is 5.58. The van der Waals surface area contributed by atoms with Crippen LogP contribution in [0.25, 0.3) is 0 Å². The van der Waals surface area contributed by atoms with Crippen molar-refractivity contribution in [1.82, 2.24) is 15.0 Å². The van der Waals surface area contributed by atoms with Gasteiger partial charge in [0.05, 0.1) is 12.2 Å². The van der Waals surface area contributed by atoms with E-state index in [9.17, 15) is 0 Å². The first kappa shape index (κ1) is 13.8. The number of nitrogens with zero attached hydrogens (tertiary/aromatic N) is 3. The standard InChI is InChI=1S/C15H20N6/c1-9-4-3-5-12(18-9)8-17-13-10(2)14(21-16)20-15(19-13)11-6-7-11/h3-5,11H,6-8,16H2,1-2H3,(H2,17,19,20,21). The van der Waals surface area contributed by atoms with Crippen molar-refractivity contribution < 1.29 is 0 Å². The maximum Gasteiger partial charge on any atom is 0.148 e. The number of nitrogens with two attached hydrogens (primary N) is 1. The van der Waals surface area contributed by atoms with Crippen LogP contribution in [0.4, 0.5) is 11.6 Å². The van der Waals surface area contributed by atoms with E-state index in [0.29, 0.717) is 18.3 Å². The summed E-state index contributed by atoms with van der Waals surface area (Å²) in [6.07, 6.45) is 2.32. The molecule has 2 aromatic rings. The summed E-state index contributed by atoms with van der Waals surface area (Å²) in [4.78, 5) is 13.6. The molecule has 1 aliphatic rings. The van der Waals surface area contributed by atoms with E-state index < -0.39 is 0 Å². The molecule has 0 aliphatic heterocycles. The Kier molecular flexibility index (Phi) is 3.70. The second-order valence-electron chi connectivity index (χ2n) is 5.45. The number of nitrogen functional groups attached to an aromatic ring is 1. The van der Waals surface area contributed by atoms with Gasteiger partial charge in [0.15, 0.2) is 0 Å². The third-order valence-electron chi connectivity index (χ3n) is 3.63. The Bertz CT molecular complexity index is 651. The van der Waals surface area contributed by atoms with E-state index >= 15 is 0 Å². The van der Waals surface area contributed by atoms with Gasteiger partial charge in [-0.15, -0.1) is 0 Å². The van der Waals surface area contributed by atoms with Gasteiger partial charge in [-0.25, -0.2) is 15.8 Å². The molecule has 0 aromatic carbocycles. The average Bonchev–Trinajstić information content (AvgIpc) is 3.31. The molecule has 1 aliphatic carbocycles. The molecule has 0 bridgehead atoms. The minimum absolute atomic E-state index is 0.482. The topological polar surface area (TPSA) is 88.8 Å². The van der Waals surface area contributed by atoms with Gasteiger partial charge in [0.1, 0.15) is 17.5 Å². The van der Waals surface area contributed by atoms with Crippen LogP contribution in [0.3, 0.4) is 0 Å². The highest BCUT2D eigenvalue weighted by Crippen LogP contribution is 2.39. The Balaban J connectivity index is 1.82. The second kappa shape index (κ2) is 5.65. The maximum absolute atomic E-state index is 5.56. The lowest BCUT2D eigenvalue weighted by Gasteiger charge is -2.13. The number of hydrazine groups is 1. The van der Waals surface area contributed by atoms with Crippen molar-refractivity contribution in [3.8, 4) is 0 Å². The fourth-order valence-electron chi connectivity index (χ4n) is 2.24. The molecule has 0 radical (unpaired) electrons. The predicted molar refractivity (Wildman–Crippen MR) is 82.9 cm³/mol. The van der Waals surface area contributed by atoms with Gasteiger partial charge >= 0.3 is 0 Å². The van der Waals surface area contributed by atoms with Gasteiger partial charge in [-0.3, -0.25) is 4.98 Å². The smallest absolute Gasteiger partial charge is 0.148 e. The molecule has 0 amide bonds. The van der Waals surface area contributed by atoms with Gasteiger partial charge < -0.3 is 10.7 Å². The fraction of sp³-hybridized carbons (Fsp3) is 0.400. The van der Waals surface area contributed by atoms with E-state index in [1.165, 1.54) is 0 Å². The predicted octanol–water partition coefficient (Wildman–Crippen LogP) is 2.26. The Morgan fingerprint density at radius 1 is 1.14 bits per heavy atom. The Morgan fingerprint density at radius 2 is 1.90 bits per heavy atom. The second-order valence-corrected chi connectivity index (χ2v) is 5.45. The van der Waals surface area contributed by atoms with Gasteiger partial charge in [0.2, 0.25) is 0 Å². The average molecular weight is 284 g/mol. The fourth-order valence-corrected chi connectivity index (χ4v) is 2.24. The zero-order valence-electron chi connectivity index (χ0n) is 12.3. The first-order chi connectivity index (χ1) is 10.2. The van der Waals surface area contributed by atoms with Crippen LogP contribution in [0.2, 0.25) is 0 Å². The van der Waals surface area contributed by atoms with Crippen LogP contribution < -0.4 is 16.6 Å². The summed E-state index contributed by atoms with van der Waals surface area (Å²) in [6, 6.07) is 6.00. The minimum atomic E-state index is 0.482. The van der Waals surface area contributed by atoms with Crippen molar-refractivity contribution in [2.45, 2.75) is 39.2 Å². The van der Waals surface area contributed by atoms with Gasteiger partial charge in [-0.1, -0.05) is 6.07 Å². The number of anilines is 2. The van der Waals surface area contributed by atoms with Crippen LogP contribution >= 0.6 is 0 Å². The molecule has 0 spiro atoms. The van der Waals surface area contributed by atoms with Crippen LogP contribution in [0.5, 0.6) is 0 Å². The van der Waals surface area contributed by atoms with Crippen LogP contribution in [0.1, 0.15) is 41.5 Å². The first-order valence-corrected chi connectivity index (χ1v) is 7.19. The van der Waals surface area contributed by atoms with E-state index in [0.717, 1.165) is 41.4 Å². The molecule has 0 saturated heterocycles. The lowest BCUT2D eigenvalue weighted by molar-refractivity contribution is 0.905. The third kappa shape index (κ3) is 3.11. The molecule has 0 atom stereocenters. The van der Waals surface area contributed by atoms with E-state index in [-0.39, 0.29) is 0 Å². The van der Waals surface area contributed by atoms with E-state index in [2.05, 4.69) is 25.7 Å². The maximum atomic E-state index is 5.56. The van der Waals surface area contributed by atoms with Crippen LogP contribution in [0, 0.1) is 13.8 Å². The molecule has 4 N–H and O–H groups in total. The molecule has 1 fully saturated rings. The Morgan fingerprint density at radius 3 is 2.57 bits per heavy atom. The summed E-state index contributed by atoms with van der Waals surface area (Å²) >= 11 is 0. The SMILES string of the molecule is Cc1cccc(CNc2nc(C3CC3)nc(NN)c2C)n1. The molecule has 6 heteroatoms. The number of hydrogen-bond acceptors (Lipinski definition) is 6. The zero-order chi connectivity index (χ0) is 14.8. The third-order valence-corrected chi connectivity index (χ3v) is 3.63. The summed E-state index contributed by atoms with van der Waals surface area (Å²) in [5, 5.41) is 3.35. The molecular weight excluding hydrogens is 264 g/mol. The number of pyridine rings is 1. The zero-order valence-corrected chi connectivity index (χ0v) is 12.3. The number of nitrogens with one attached hydrogen (secondary N) is 2. The van der Waals surface area contributed by atoms with Crippen molar-refractivity contribution in [3.05, 3.63) is 41.0 Å². The largest absolute Gasteiger partial charge is 0.364 e. The molecule has 110 valence electrons. The van der Waals surface area contributed by atoms with Crippen LogP contribution in [-0.2, 0) is 6.54 Å². The summed E-state index contributed by atoms with van der Waals surface area (Å²) in [5.74, 6) is 8.42. The lowest BCUT2D eigenvalue weighted by Crippen LogP contribution is -2.15. The lowest BCUT2D eigenvalue weighted by atomic mass is 10.2. The Labute approximate surface area is 124 Å². The molecule has 3 rings (SSSR count). The molecular formula is C15H20N6. The van der Waals surface area contributed by atoms with E-state index in [1.807, 2.05) is 32.0 Å². The summed E-state index contributed by atoms with van der Waals surface area (Å²) < 4.78 is 0. The van der Waals surface area contributed by atoms with Crippen LogP contribution in [0.15, 0.2) is 18.2 Å². The normalized spacial score (nSPS) is 14.0. The Hall–Kier alpha value is -2.21. The monoisotopic (exact) mass is 284 g/mol. The van der Waals surface area contributed by atoms with Crippen molar-refractivity contribution in [2.24, 2.45) is 5.84 Å². The van der Waals surface area contributed by atoms with Crippen molar-refractivity contribution in [2.75, 3.05) is 10.7 Å². The van der Waals surface area contributed by atoms with Crippen molar-refractivity contribution in [1.29, 1.82) is 0 Å². The molecule has 6 nitrogen and oxygen atoms in total. The van der Waals surface area contributed by atoms with Gasteiger partial charge in [0.25, 0.3) is 0 Å². The number of rotatable bonds is 5. The van der Waals surface area contributed by atoms with Gasteiger partial charge in [-0.2, -0.15) is 0 Å². The molecule has 1 saturated carbocycles. The van der Waals surface area contributed by atoms with Gasteiger partial charge in [-0.05, 0) is 38.8 Å². The summed E-state index contributed by atoms with van der Waals surface area (Å²) in [7, 11) is 0. The number of aryl methyl sites for hydroxylation is 1. The molecule has 2 heterocycles. The first-order valence-electron chi connectivity index (χ1n) is 7.19. The molecule has 2 aromatic heterocycles. The highest BCUT2D eigenvalue weighted by molar-refractivity contribution is 5.57. The van der Waals surface area contributed by atoms with Crippen molar-refractivity contribution >= 4 is 11.6 Å². The van der Waals surface area contributed by atoms with E-state index in [4.69, 9.17) is 5.84 Å². The summed E-state index contributed by atoms with van der Waals surface area (Å²) in [6.45, 7) is 4.58. The highest BCUT2D eigenvalue weighted by atomic mass is 15.3. The number of aromatic nitrogens is 3.